The molecule has 0 aliphatic heterocycles. The molecule has 0 rings (SSSR count). The van der Waals surface area contributed by atoms with Crippen LogP contribution in [0.1, 0.15) is 22.1 Å². The summed E-state index contributed by atoms with van der Waals surface area (Å²) >= 11 is 0. The number of carbonyl (C=O) groups is 1. The number of aliphatic carboxylic acids is 1. The molecule has 0 aromatic heterocycles. The van der Waals surface area contributed by atoms with Gasteiger partial charge in [0.05, 0.1) is 0 Å². The van der Waals surface area contributed by atoms with Crippen LogP contribution < -0.4 is 0 Å². The first-order valence-corrected chi connectivity index (χ1v) is 3.20. The molecule has 0 saturated heterocycles. The number of allylic oxidation sites excluding steroid dienone is 1. The van der Waals surface area contributed by atoms with Crippen molar-refractivity contribution < 1.29 is 17.9 Å². The van der Waals surface area contributed by atoms with Gasteiger partial charge in [0, 0.05) is 0 Å². The molecule has 0 aliphatic rings. The number of aliphatic hydroxyl groups excluding tert-OH is 1. The fraction of sp³-hybridized carbons (Fsp3) is 0.571. The molecule has 0 fully saturated rings. The second-order valence-electron chi connectivity index (χ2n) is 2.07. The van der Waals surface area contributed by atoms with Crippen LogP contribution in [0.15, 0.2) is 12.7 Å². The second-order valence-corrected chi connectivity index (χ2v) is 2.07. The summed E-state index contributed by atoms with van der Waals surface area (Å²) in [6, 6.07) is 0. The summed E-state index contributed by atoms with van der Waals surface area (Å²) < 4.78 is 0. The first kappa shape index (κ1) is 14.0. The van der Waals surface area contributed by atoms with Crippen molar-refractivity contribution in [1.29, 1.82) is 0 Å². The van der Waals surface area contributed by atoms with Crippen molar-refractivity contribution in [2.75, 3.05) is 0 Å². The summed E-state index contributed by atoms with van der Waals surface area (Å²) in [5.41, 5.74) is 0. The molecule has 1 atom stereocenters. The minimum absolute atomic E-state index is 0. The van der Waals surface area contributed by atoms with Gasteiger partial charge in [0.25, 0.3) is 0 Å². The number of carboxylic acid groups (broad SMARTS) is 1. The predicted octanol–water partition coefficient (Wildman–Crippen LogP) is 0.632. The molecule has 0 bridgehead atoms. The molecular weight excluding hydrogens is 172 g/mol. The Morgan fingerprint density at radius 1 is 1.73 bits per heavy atom. The topological polar surface area (TPSA) is 57.5 Å². The number of aliphatic hydroxyl groups is 1. The minimum Gasteiger partial charge on any atom is -1.00 e. The van der Waals surface area contributed by atoms with Crippen LogP contribution in [0.3, 0.4) is 0 Å². The molecule has 62 valence electrons. The van der Waals surface area contributed by atoms with Crippen LogP contribution in [0, 0.1) is 0 Å². The Kier molecular flexibility index (Phi) is 10.8. The van der Waals surface area contributed by atoms with Crippen molar-refractivity contribution in [3.8, 4) is 0 Å². The fourth-order valence-corrected chi connectivity index (χ4v) is 0.579. The summed E-state index contributed by atoms with van der Waals surface area (Å²) in [5.74, 6) is -1.15. The first-order chi connectivity index (χ1) is 4.68. The molecule has 0 aliphatic carbocycles. The summed E-state index contributed by atoms with van der Waals surface area (Å²) in [6.45, 7) is 3.47. The van der Waals surface area contributed by atoms with Gasteiger partial charge in [0.2, 0.25) is 0 Å². The maximum atomic E-state index is 10.0. The van der Waals surface area contributed by atoms with Crippen LogP contribution in [-0.2, 0) is 4.79 Å². The number of hydrogen-bond donors (Lipinski definition) is 2. The zero-order chi connectivity index (χ0) is 7.98. The third-order valence-electron chi connectivity index (χ3n) is 1.17. The quantitative estimate of drug-likeness (QED) is 0.376. The monoisotopic (exact) mass is 186 g/mol. The maximum Gasteiger partial charge on any atom is 2.00 e. The number of unbranched alkanes of at least 4 members (excludes halogenated alkanes) is 1. The van der Waals surface area contributed by atoms with Gasteiger partial charge in [-0.05, 0) is 19.3 Å². The van der Waals surface area contributed by atoms with E-state index in [4.69, 9.17) is 10.2 Å². The van der Waals surface area contributed by atoms with Crippen LogP contribution >= 0.6 is 0 Å². The first-order valence-electron chi connectivity index (χ1n) is 3.20. The van der Waals surface area contributed by atoms with Crippen LogP contribution in [0.2, 0.25) is 0 Å². The summed E-state index contributed by atoms with van der Waals surface area (Å²) in [4.78, 5) is 10.0. The Morgan fingerprint density at radius 2 is 2.27 bits per heavy atom. The molecule has 0 aromatic carbocycles. The van der Waals surface area contributed by atoms with E-state index in [1.54, 1.807) is 6.08 Å². The van der Waals surface area contributed by atoms with Crippen molar-refractivity contribution in [3.05, 3.63) is 12.7 Å². The average molecular weight is 186 g/mol. The Morgan fingerprint density at radius 3 is 2.64 bits per heavy atom. The van der Waals surface area contributed by atoms with Gasteiger partial charge in [-0.25, -0.2) is 4.79 Å². The predicted molar refractivity (Wildman–Crippen MR) is 45.7 cm³/mol. The van der Waals surface area contributed by atoms with Gasteiger partial charge in [0.15, 0.2) is 6.10 Å². The summed E-state index contributed by atoms with van der Waals surface area (Å²) in [6.07, 6.45) is 2.23. The van der Waals surface area contributed by atoms with Crippen molar-refractivity contribution in [3.63, 3.8) is 0 Å². The minimum atomic E-state index is -1.21. The SMILES string of the molecule is C=CCCCC(O)C(=O)O.[Ca+2].[H-].[H-]. The van der Waals surface area contributed by atoms with Crippen LogP contribution in [0.4, 0.5) is 0 Å². The van der Waals surface area contributed by atoms with Gasteiger partial charge in [-0.1, -0.05) is 6.08 Å². The van der Waals surface area contributed by atoms with Gasteiger partial charge in [0.1, 0.15) is 0 Å². The van der Waals surface area contributed by atoms with Gasteiger partial charge in [-0.3, -0.25) is 0 Å². The van der Waals surface area contributed by atoms with E-state index in [2.05, 4.69) is 6.58 Å². The Hall–Kier alpha value is 0.430. The molecule has 0 amide bonds. The molecule has 0 heterocycles. The van der Waals surface area contributed by atoms with Gasteiger partial charge in [-0.15, -0.1) is 6.58 Å². The molecule has 1 unspecified atom stereocenters. The molecule has 0 spiro atoms. The van der Waals surface area contributed by atoms with Crippen molar-refractivity contribution >= 4 is 43.7 Å². The largest absolute Gasteiger partial charge is 2.00 e. The van der Waals surface area contributed by atoms with E-state index < -0.39 is 12.1 Å². The number of rotatable bonds is 5. The Balaban J connectivity index is -0.000000135. The zero-order valence-electron chi connectivity index (χ0n) is 8.49. The third kappa shape index (κ3) is 8.33. The summed E-state index contributed by atoms with van der Waals surface area (Å²) in [5, 5.41) is 16.9. The van der Waals surface area contributed by atoms with Crippen LogP contribution in [0.25, 0.3) is 0 Å². The van der Waals surface area contributed by atoms with E-state index in [1.165, 1.54) is 0 Å². The number of carboxylic acids is 1. The average Bonchev–Trinajstić information content (AvgIpc) is 1.88. The van der Waals surface area contributed by atoms with E-state index in [0.717, 1.165) is 6.42 Å². The molecular formula is C7H14CaO3. The molecule has 2 N–H and O–H groups in total. The van der Waals surface area contributed by atoms with E-state index in [-0.39, 0.29) is 40.6 Å². The molecule has 3 nitrogen and oxygen atoms in total. The zero-order valence-corrected chi connectivity index (χ0v) is 8.70. The Labute approximate surface area is 99.1 Å². The van der Waals surface area contributed by atoms with Crippen LogP contribution in [-0.4, -0.2) is 60.0 Å². The normalized spacial score (nSPS) is 11.4. The van der Waals surface area contributed by atoms with Gasteiger partial charge >= 0.3 is 43.7 Å². The fourth-order valence-electron chi connectivity index (χ4n) is 0.579. The molecule has 0 saturated carbocycles. The van der Waals surface area contributed by atoms with Gasteiger partial charge in [-0.2, -0.15) is 0 Å². The van der Waals surface area contributed by atoms with Crippen LogP contribution in [0.5, 0.6) is 0 Å². The van der Waals surface area contributed by atoms with E-state index in [1.807, 2.05) is 0 Å². The van der Waals surface area contributed by atoms with Crippen molar-refractivity contribution in [2.24, 2.45) is 0 Å². The maximum absolute atomic E-state index is 10.0. The second kappa shape index (κ2) is 8.53. The Bertz CT molecular complexity index is 133. The van der Waals surface area contributed by atoms with Crippen molar-refractivity contribution in [2.45, 2.75) is 25.4 Å². The van der Waals surface area contributed by atoms with E-state index in [0.29, 0.717) is 12.8 Å². The molecule has 0 aromatic rings. The molecule has 4 heteroatoms. The third-order valence-corrected chi connectivity index (χ3v) is 1.17. The van der Waals surface area contributed by atoms with Crippen molar-refractivity contribution in [1.82, 2.24) is 0 Å². The van der Waals surface area contributed by atoms with E-state index in [9.17, 15) is 4.79 Å². The van der Waals surface area contributed by atoms with E-state index >= 15 is 0 Å². The number of hydrogen-bond acceptors (Lipinski definition) is 2. The smallest absolute Gasteiger partial charge is 1.00 e. The molecule has 11 heavy (non-hydrogen) atoms. The summed E-state index contributed by atoms with van der Waals surface area (Å²) in [7, 11) is 0. The van der Waals surface area contributed by atoms with Gasteiger partial charge < -0.3 is 13.1 Å². The standard InChI is InChI=1S/C7H12O3.Ca.2H/c1-2-3-4-5-6(8)7(9)10;;;/h2,6,8H,1,3-5H2,(H,9,10);;;/q;+2;2*-1. The molecule has 0 radical (unpaired) electrons.